The van der Waals surface area contributed by atoms with Gasteiger partial charge in [-0.25, -0.2) is 4.79 Å². The van der Waals surface area contributed by atoms with E-state index in [1.54, 1.807) is 12.1 Å². The largest absolute Gasteiger partial charge is 0.478 e. The van der Waals surface area contributed by atoms with E-state index in [4.69, 9.17) is 5.11 Å². The van der Waals surface area contributed by atoms with Crippen molar-refractivity contribution >= 4 is 11.7 Å². The van der Waals surface area contributed by atoms with Gasteiger partial charge in [0.05, 0.1) is 5.56 Å². The summed E-state index contributed by atoms with van der Waals surface area (Å²) < 4.78 is 0. The third-order valence-corrected chi connectivity index (χ3v) is 3.80. The lowest BCUT2D eigenvalue weighted by atomic mass is 9.85. The minimum absolute atomic E-state index is 0.371. The number of carboxylic acid groups (broad SMARTS) is 1. The first-order valence-corrected chi connectivity index (χ1v) is 6.56. The molecule has 3 nitrogen and oxygen atoms in total. The second-order valence-electron chi connectivity index (χ2n) is 5.86. The molecule has 1 fully saturated rings. The summed E-state index contributed by atoms with van der Waals surface area (Å²) in [7, 11) is 0. The van der Waals surface area contributed by atoms with Gasteiger partial charge in [-0.1, -0.05) is 19.9 Å². The maximum Gasteiger partial charge on any atom is 0.335 e. The van der Waals surface area contributed by atoms with Crippen molar-refractivity contribution in [3.8, 4) is 0 Å². The molecule has 0 spiro atoms. The lowest BCUT2D eigenvalue weighted by molar-refractivity contribution is 0.0697. The van der Waals surface area contributed by atoms with Crippen LogP contribution in [0.4, 0.5) is 5.69 Å². The van der Waals surface area contributed by atoms with Crippen molar-refractivity contribution in [3.05, 3.63) is 29.8 Å². The van der Waals surface area contributed by atoms with Crippen molar-refractivity contribution in [2.75, 3.05) is 18.0 Å². The molecule has 0 atom stereocenters. The molecule has 1 N–H and O–H groups in total. The van der Waals surface area contributed by atoms with Gasteiger partial charge in [-0.15, -0.1) is 0 Å². The molecule has 0 aromatic heterocycles. The predicted octanol–water partition coefficient (Wildman–Crippen LogP) is 3.40. The summed E-state index contributed by atoms with van der Waals surface area (Å²) in [6.45, 7) is 6.65. The minimum atomic E-state index is -0.855. The van der Waals surface area contributed by atoms with E-state index in [0.717, 1.165) is 25.2 Å². The molecular weight excluding hydrogens is 226 g/mol. The number of carbonyl (C=O) groups is 1. The van der Waals surface area contributed by atoms with Gasteiger partial charge in [0.1, 0.15) is 0 Å². The standard InChI is InChI=1S/C15H21NO2/c1-15(2)7-4-9-16(10-8-15)13-6-3-5-12(11-13)14(17)18/h3,5-6,11H,4,7-10H2,1-2H3,(H,17,18). The molecule has 0 amide bonds. The average Bonchev–Trinajstić information content (AvgIpc) is 2.50. The smallest absolute Gasteiger partial charge is 0.335 e. The Morgan fingerprint density at radius 3 is 2.78 bits per heavy atom. The van der Waals surface area contributed by atoms with Gasteiger partial charge in [-0.2, -0.15) is 0 Å². The molecule has 1 aromatic carbocycles. The number of anilines is 1. The summed E-state index contributed by atoms with van der Waals surface area (Å²) in [4.78, 5) is 13.3. The van der Waals surface area contributed by atoms with Crippen LogP contribution in [0.3, 0.4) is 0 Å². The van der Waals surface area contributed by atoms with E-state index in [1.165, 1.54) is 12.8 Å². The average molecular weight is 247 g/mol. The van der Waals surface area contributed by atoms with Crippen LogP contribution in [0.2, 0.25) is 0 Å². The Hall–Kier alpha value is -1.51. The van der Waals surface area contributed by atoms with Gasteiger partial charge in [-0.05, 0) is 42.9 Å². The van der Waals surface area contributed by atoms with Crippen LogP contribution in [-0.2, 0) is 0 Å². The number of hydrogen-bond donors (Lipinski definition) is 1. The fourth-order valence-electron chi connectivity index (χ4n) is 2.52. The summed E-state index contributed by atoms with van der Waals surface area (Å²) >= 11 is 0. The van der Waals surface area contributed by atoms with E-state index in [9.17, 15) is 4.79 Å². The van der Waals surface area contributed by atoms with E-state index < -0.39 is 5.97 Å². The topological polar surface area (TPSA) is 40.5 Å². The normalized spacial score (nSPS) is 19.3. The van der Waals surface area contributed by atoms with E-state index in [1.807, 2.05) is 12.1 Å². The van der Waals surface area contributed by atoms with Gasteiger partial charge in [0.25, 0.3) is 0 Å². The summed E-state index contributed by atoms with van der Waals surface area (Å²) in [5.41, 5.74) is 1.81. The van der Waals surface area contributed by atoms with Crippen LogP contribution in [0.15, 0.2) is 24.3 Å². The molecular formula is C15H21NO2. The van der Waals surface area contributed by atoms with Crippen LogP contribution in [0.1, 0.15) is 43.5 Å². The van der Waals surface area contributed by atoms with Crippen LogP contribution in [0, 0.1) is 5.41 Å². The molecule has 3 heteroatoms. The molecule has 2 rings (SSSR count). The zero-order chi connectivity index (χ0) is 13.2. The molecule has 1 aromatic rings. The third-order valence-electron chi connectivity index (χ3n) is 3.80. The monoisotopic (exact) mass is 247 g/mol. The fourth-order valence-corrected chi connectivity index (χ4v) is 2.52. The van der Waals surface area contributed by atoms with Crippen molar-refractivity contribution in [3.63, 3.8) is 0 Å². The fraction of sp³-hybridized carbons (Fsp3) is 0.533. The maximum absolute atomic E-state index is 11.0. The molecule has 0 radical (unpaired) electrons. The highest BCUT2D eigenvalue weighted by molar-refractivity contribution is 5.88. The first-order valence-electron chi connectivity index (χ1n) is 6.56. The van der Waals surface area contributed by atoms with E-state index in [0.29, 0.717) is 11.0 Å². The van der Waals surface area contributed by atoms with Gasteiger partial charge in [0.15, 0.2) is 0 Å². The first kappa shape index (κ1) is 12.9. The Balaban J connectivity index is 2.16. The van der Waals surface area contributed by atoms with Crippen LogP contribution in [-0.4, -0.2) is 24.2 Å². The highest BCUT2D eigenvalue weighted by atomic mass is 16.4. The van der Waals surface area contributed by atoms with Crippen molar-refractivity contribution < 1.29 is 9.90 Å². The summed E-state index contributed by atoms with van der Waals surface area (Å²) in [5, 5.41) is 9.03. The Labute approximate surface area is 108 Å². The van der Waals surface area contributed by atoms with Crippen molar-refractivity contribution in [1.29, 1.82) is 0 Å². The van der Waals surface area contributed by atoms with Gasteiger partial charge >= 0.3 is 5.97 Å². The van der Waals surface area contributed by atoms with Crippen LogP contribution < -0.4 is 4.90 Å². The van der Waals surface area contributed by atoms with Crippen LogP contribution in [0.25, 0.3) is 0 Å². The van der Waals surface area contributed by atoms with Gasteiger partial charge in [0.2, 0.25) is 0 Å². The predicted molar refractivity (Wildman–Crippen MR) is 73.2 cm³/mol. The van der Waals surface area contributed by atoms with Crippen LogP contribution >= 0.6 is 0 Å². The van der Waals surface area contributed by atoms with Crippen LogP contribution in [0.5, 0.6) is 0 Å². The first-order chi connectivity index (χ1) is 8.48. The zero-order valence-electron chi connectivity index (χ0n) is 11.1. The molecule has 0 unspecified atom stereocenters. The lowest BCUT2D eigenvalue weighted by Crippen LogP contribution is -2.25. The van der Waals surface area contributed by atoms with Crippen molar-refractivity contribution in [1.82, 2.24) is 0 Å². The Morgan fingerprint density at radius 2 is 2.06 bits per heavy atom. The van der Waals surface area contributed by atoms with Gasteiger partial charge < -0.3 is 10.0 Å². The molecule has 18 heavy (non-hydrogen) atoms. The number of hydrogen-bond acceptors (Lipinski definition) is 2. The summed E-state index contributed by atoms with van der Waals surface area (Å²) in [6.07, 6.45) is 3.57. The summed E-state index contributed by atoms with van der Waals surface area (Å²) in [5.74, 6) is -0.855. The Bertz CT molecular complexity index is 440. The SMILES string of the molecule is CC1(C)CCCN(c2cccc(C(=O)O)c2)CC1. The molecule has 1 saturated heterocycles. The van der Waals surface area contributed by atoms with Crippen molar-refractivity contribution in [2.24, 2.45) is 5.41 Å². The highest BCUT2D eigenvalue weighted by Gasteiger charge is 2.23. The summed E-state index contributed by atoms with van der Waals surface area (Å²) in [6, 6.07) is 7.26. The molecule has 1 aliphatic rings. The Morgan fingerprint density at radius 1 is 1.28 bits per heavy atom. The molecule has 1 heterocycles. The maximum atomic E-state index is 11.0. The molecule has 98 valence electrons. The Kier molecular flexibility index (Phi) is 3.60. The molecule has 1 aliphatic heterocycles. The minimum Gasteiger partial charge on any atom is -0.478 e. The van der Waals surface area contributed by atoms with Gasteiger partial charge in [-0.3, -0.25) is 0 Å². The second kappa shape index (κ2) is 5.01. The number of nitrogens with zero attached hydrogens (tertiary/aromatic N) is 1. The zero-order valence-corrected chi connectivity index (χ0v) is 11.1. The number of aromatic carboxylic acids is 1. The van der Waals surface area contributed by atoms with E-state index >= 15 is 0 Å². The third kappa shape index (κ3) is 3.03. The van der Waals surface area contributed by atoms with E-state index in [-0.39, 0.29) is 0 Å². The quantitative estimate of drug-likeness (QED) is 0.870. The van der Waals surface area contributed by atoms with Gasteiger partial charge in [0, 0.05) is 18.8 Å². The highest BCUT2D eigenvalue weighted by Crippen LogP contribution is 2.31. The molecule has 0 bridgehead atoms. The lowest BCUT2D eigenvalue weighted by Gasteiger charge is -2.25. The van der Waals surface area contributed by atoms with Crippen molar-refractivity contribution in [2.45, 2.75) is 33.1 Å². The van der Waals surface area contributed by atoms with E-state index in [2.05, 4.69) is 18.7 Å². The number of benzene rings is 1. The molecule has 0 aliphatic carbocycles. The second-order valence-corrected chi connectivity index (χ2v) is 5.86. The number of carboxylic acids is 1. The number of rotatable bonds is 2. The molecule has 0 saturated carbocycles.